The highest BCUT2D eigenvalue weighted by Gasteiger charge is 2.35. The molecule has 3 unspecified atom stereocenters. The highest BCUT2D eigenvalue weighted by Crippen LogP contribution is 2.26. The van der Waals surface area contributed by atoms with Crippen LogP contribution in [0.15, 0.2) is 0 Å². The van der Waals surface area contributed by atoms with Gasteiger partial charge < -0.3 is 15.6 Å². The Hall–Kier alpha value is -0.160. The molecular weight excluding hydrogens is 156 g/mol. The molecule has 0 radical (unpaired) electrons. The molecule has 0 saturated carbocycles. The van der Waals surface area contributed by atoms with Gasteiger partial charge in [-0.2, -0.15) is 5.06 Å². The first-order valence-electron chi connectivity index (χ1n) is 4.64. The van der Waals surface area contributed by atoms with E-state index in [0.717, 1.165) is 11.6 Å². The van der Waals surface area contributed by atoms with Crippen molar-refractivity contribution in [3.8, 4) is 0 Å². The lowest BCUT2D eigenvalue weighted by Crippen LogP contribution is -2.32. The van der Waals surface area contributed by atoms with E-state index < -0.39 is 6.23 Å². The fourth-order valence-corrected chi connectivity index (χ4v) is 2.23. The second kappa shape index (κ2) is 3.30. The van der Waals surface area contributed by atoms with Gasteiger partial charge in [0.15, 0.2) is 0 Å². The SMILES string of the molecule is OC1CC(C2CCCN2)CN1O. The van der Waals surface area contributed by atoms with Crippen LogP contribution in [0.2, 0.25) is 0 Å². The summed E-state index contributed by atoms with van der Waals surface area (Å²) in [4.78, 5) is 0. The Labute approximate surface area is 72.1 Å². The van der Waals surface area contributed by atoms with Gasteiger partial charge in [-0.15, -0.1) is 0 Å². The van der Waals surface area contributed by atoms with Crippen LogP contribution in [0.1, 0.15) is 19.3 Å². The molecule has 70 valence electrons. The van der Waals surface area contributed by atoms with E-state index in [2.05, 4.69) is 5.32 Å². The summed E-state index contributed by atoms with van der Waals surface area (Å²) in [6, 6.07) is 0.511. The van der Waals surface area contributed by atoms with Crippen molar-refractivity contribution in [1.82, 2.24) is 10.4 Å². The molecule has 0 amide bonds. The van der Waals surface area contributed by atoms with Crippen LogP contribution in [0, 0.1) is 5.92 Å². The molecule has 0 aliphatic carbocycles. The molecule has 3 atom stereocenters. The predicted molar refractivity (Wildman–Crippen MR) is 43.6 cm³/mol. The number of rotatable bonds is 1. The number of aliphatic hydroxyl groups is 1. The zero-order valence-corrected chi connectivity index (χ0v) is 7.11. The van der Waals surface area contributed by atoms with Crippen molar-refractivity contribution < 1.29 is 10.3 Å². The van der Waals surface area contributed by atoms with E-state index in [1.54, 1.807) is 0 Å². The van der Waals surface area contributed by atoms with Gasteiger partial charge in [-0.25, -0.2) is 0 Å². The summed E-state index contributed by atoms with van der Waals surface area (Å²) in [6.07, 6.45) is 2.47. The van der Waals surface area contributed by atoms with Crippen LogP contribution in [0.3, 0.4) is 0 Å². The largest absolute Gasteiger partial charge is 0.376 e. The number of hydroxylamine groups is 2. The lowest BCUT2D eigenvalue weighted by molar-refractivity contribution is -0.171. The molecular formula is C8H16N2O2. The standard InChI is InChI=1S/C8H16N2O2/c11-8-4-6(5-10(8)12)7-2-1-3-9-7/h6-9,11-12H,1-5H2. The van der Waals surface area contributed by atoms with Gasteiger partial charge >= 0.3 is 0 Å². The molecule has 0 aromatic rings. The van der Waals surface area contributed by atoms with Gasteiger partial charge in [0.1, 0.15) is 6.23 Å². The first-order chi connectivity index (χ1) is 5.77. The van der Waals surface area contributed by atoms with E-state index in [4.69, 9.17) is 0 Å². The fraction of sp³-hybridized carbons (Fsp3) is 1.00. The molecule has 2 rings (SSSR count). The van der Waals surface area contributed by atoms with E-state index in [1.807, 2.05) is 0 Å². The van der Waals surface area contributed by atoms with Crippen molar-refractivity contribution in [1.29, 1.82) is 0 Å². The van der Waals surface area contributed by atoms with E-state index in [-0.39, 0.29) is 0 Å². The van der Waals surface area contributed by atoms with Crippen LogP contribution in [0.5, 0.6) is 0 Å². The Morgan fingerprint density at radius 1 is 1.42 bits per heavy atom. The molecule has 4 heteroatoms. The van der Waals surface area contributed by atoms with Crippen LogP contribution in [-0.4, -0.2) is 40.7 Å². The zero-order chi connectivity index (χ0) is 8.55. The maximum absolute atomic E-state index is 9.28. The van der Waals surface area contributed by atoms with Gasteiger partial charge in [-0.05, 0) is 31.7 Å². The van der Waals surface area contributed by atoms with Crippen LogP contribution >= 0.6 is 0 Å². The van der Waals surface area contributed by atoms with Crippen LogP contribution in [-0.2, 0) is 0 Å². The molecule has 0 bridgehead atoms. The highest BCUT2D eigenvalue weighted by molar-refractivity contribution is 4.87. The molecule has 0 aromatic heterocycles. The molecule has 2 aliphatic rings. The second-order valence-electron chi connectivity index (χ2n) is 3.80. The Morgan fingerprint density at radius 3 is 2.75 bits per heavy atom. The van der Waals surface area contributed by atoms with E-state index in [9.17, 15) is 10.3 Å². The average molecular weight is 172 g/mol. The zero-order valence-electron chi connectivity index (χ0n) is 7.11. The van der Waals surface area contributed by atoms with Crippen molar-refractivity contribution in [2.45, 2.75) is 31.5 Å². The average Bonchev–Trinajstić information content (AvgIpc) is 2.61. The maximum Gasteiger partial charge on any atom is 0.130 e. The first-order valence-corrected chi connectivity index (χ1v) is 4.64. The van der Waals surface area contributed by atoms with Crippen LogP contribution < -0.4 is 5.32 Å². The highest BCUT2D eigenvalue weighted by atomic mass is 16.5. The van der Waals surface area contributed by atoms with E-state index >= 15 is 0 Å². The summed E-state index contributed by atoms with van der Waals surface area (Å²) in [5, 5.41) is 22.9. The fourth-order valence-electron chi connectivity index (χ4n) is 2.23. The lowest BCUT2D eigenvalue weighted by atomic mass is 9.97. The van der Waals surface area contributed by atoms with Gasteiger partial charge in [-0.3, -0.25) is 0 Å². The first kappa shape index (κ1) is 8.44. The third-order valence-electron chi connectivity index (χ3n) is 2.95. The number of hydrogen-bond donors (Lipinski definition) is 3. The Morgan fingerprint density at radius 2 is 2.25 bits per heavy atom. The Bertz CT molecular complexity index is 149. The van der Waals surface area contributed by atoms with E-state index in [1.165, 1.54) is 12.8 Å². The number of nitrogens with zero attached hydrogens (tertiary/aromatic N) is 1. The molecule has 12 heavy (non-hydrogen) atoms. The normalized spacial score (nSPS) is 44.0. The second-order valence-corrected chi connectivity index (χ2v) is 3.80. The Kier molecular flexibility index (Phi) is 2.32. The number of aliphatic hydroxyl groups excluding tert-OH is 1. The smallest absolute Gasteiger partial charge is 0.130 e. The number of hydrogen-bond acceptors (Lipinski definition) is 4. The molecule has 2 saturated heterocycles. The number of nitrogens with one attached hydrogen (secondary N) is 1. The minimum Gasteiger partial charge on any atom is -0.376 e. The summed E-state index contributed by atoms with van der Waals surface area (Å²) in [7, 11) is 0. The van der Waals surface area contributed by atoms with Gasteiger partial charge in [0.2, 0.25) is 0 Å². The third kappa shape index (κ3) is 1.47. The summed E-state index contributed by atoms with van der Waals surface area (Å²) in [5.74, 6) is 0.424. The van der Waals surface area contributed by atoms with Crippen molar-refractivity contribution in [3.63, 3.8) is 0 Å². The molecule has 0 aromatic carbocycles. The van der Waals surface area contributed by atoms with Gasteiger partial charge in [-0.1, -0.05) is 0 Å². The molecule has 3 N–H and O–H groups in total. The topological polar surface area (TPSA) is 55.7 Å². The molecule has 0 spiro atoms. The predicted octanol–water partition coefficient (Wildman–Crippen LogP) is -0.232. The Balaban J connectivity index is 1.89. The molecule has 2 fully saturated rings. The molecule has 4 nitrogen and oxygen atoms in total. The van der Waals surface area contributed by atoms with Gasteiger partial charge in [0, 0.05) is 12.6 Å². The molecule has 2 aliphatic heterocycles. The lowest BCUT2D eigenvalue weighted by Gasteiger charge is -2.16. The van der Waals surface area contributed by atoms with Gasteiger partial charge in [0.25, 0.3) is 0 Å². The van der Waals surface area contributed by atoms with Gasteiger partial charge in [0.05, 0.1) is 0 Å². The van der Waals surface area contributed by atoms with Crippen LogP contribution in [0.4, 0.5) is 0 Å². The summed E-state index contributed by atoms with van der Waals surface area (Å²) >= 11 is 0. The maximum atomic E-state index is 9.28. The molecule has 2 heterocycles. The minimum absolute atomic E-state index is 0.424. The van der Waals surface area contributed by atoms with Crippen molar-refractivity contribution in [2.24, 2.45) is 5.92 Å². The minimum atomic E-state index is -0.641. The van der Waals surface area contributed by atoms with Crippen LogP contribution in [0.25, 0.3) is 0 Å². The van der Waals surface area contributed by atoms with Crippen molar-refractivity contribution in [3.05, 3.63) is 0 Å². The van der Waals surface area contributed by atoms with E-state index in [0.29, 0.717) is 24.9 Å². The van der Waals surface area contributed by atoms with Crippen molar-refractivity contribution >= 4 is 0 Å². The summed E-state index contributed by atoms with van der Waals surface area (Å²) in [6.45, 7) is 1.70. The third-order valence-corrected chi connectivity index (χ3v) is 2.95. The summed E-state index contributed by atoms with van der Waals surface area (Å²) < 4.78 is 0. The quantitative estimate of drug-likeness (QED) is 0.511. The monoisotopic (exact) mass is 172 g/mol. The summed E-state index contributed by atoms with van der Waals surface area (Å²) in [5.41, 5.74) is 0. The van der Waals surface area contributed by atoms with Crippen molar-refractivity contribution in [2.75, 3.05) is 13.1 Å².